The van der Waals surface area contributed by atoms with Gasteiger partial charge in [0.15, 0.2) is 11.9 Å². The molecule has 0 spiro atoms. The van der Waals surface area contributed by atoms with E-state index in [4.69, 9.17) is 24.0 Å². The van der Waals surface area contributed by atoms with Crippen LogP contribution < -0.4 is 11.3 Å². The molecule has 5 N–H and O–H groups in total. The Morgan fingerprint density at radius 2 is 2.24 bits per heavy atom. The third kappa shape index (κ3) is 3.87. The number of nitrogens with two attached hydrogens (primary N) is 1. The Morgan fingerprint density at radius 3 is 3.00 bits per heavy atom. The molecular formula is C19H22N5O8P. The number of rotatable bonds is 4. The highest BCUT2D eigenvalue weighted by Gasteiger charge is 2.56. The first-order valence-corrected chi connectivity index (χ1v) is 11.6. The molecule has 0 radical (unpaired) electrons. The Hall–Kier alpha value is -2.64. The number of hydrogen-bond acceptors (Lipinski definition) is 11. The van der Waals surface area contributed by atoms with E-state index >= 15 is 0 Å². The number of phosphoric ester groups is 1. The van der Waals surface area contributed by atoms with E-state index in [9.17, 15) is 19.6 Å². The molecule has 33 heavy (non-hydrogen) atoms. The molecule has 0 bridgehead atoms. The van der Waals surface area contributed by atoms with Gasteiger partial charge in [0.25, 0.3) is 5.56 Å². The van der Waals surface area contributed by atoms with Crippen molar-refractivity contribution in [2.75, 3.05) is 12.3 Å². The highest BCUT2D eigenvalue weighted by atomic mass is 31.2. The number of ether oxygens (including phenoxy) is 1. The van der Waals surface area contributed by atoms with Crippen LogP contribution in [0.15, 0.2) is 41.6 Å². The first-order valence-electron chi connectivity index (χ1n) is 10.1. The topological polar surface area (TPSA) is 184 Å². The van der Waals surface area contributed by atoms with Gasteiger partial charge in [-0.05, 0) is 24.6 Å². The van der Waals surface area contributed by atoms with Gasteiger partial charge in [0.1, 0.15) is 11.7 Å². The summed E-state index contributed by atoms with van der Waals surface area (Å²) in [5, 5.41) is 21.9. The van der Waals surface area contributed by atoms with Gasteiger partial charge >= 0.3 is 7.82 Å². The number of H-pyrrole nitrogens is 1. The summed E-state index contributed by atoms with van der Waals surface area (Å²) in [5.74, 6) is -0.131. The number of fused-ring (bicyclic) bond motifs is 1. The second-order valence-corrected chi connectivity index (χ2v) is 9.57. The molecule has 0 aromatic carbocycles. The van der Waals surface area contributed by atoms with Gasteiger partial charge in [-0.2, -0.15) is 4.98 Å². The monoisotopic (exact) mass is 479 g/mol. The molecule has 3 aromatic rings. The molecule has 0 aliphatic carbocycles. The minimum Gasteiger partial charge on any atom is -0.385 e. The molecule has 5 heterocycles. The highest BCUT2D eigenvalue weighted by Crippen LogP contribution is 2.59. The van der Waals surface area contributed by atoms with Gasteiger partial charge in [-0.15, -0.1) is 0 Å². The molecule has 3 aromatic heterocycles. The van der Waals surface area contributed by atoms with E-state index in [-0.39, 0.29) is 23.6 Å². The van der Waals surface area contributed by atoms with Gasteiger partial charge in [0.2, 0.25) is 12.2 Å². The number of nitrogen functional groups attached to an aromatic ring is 1. The molecule has 0 saturated carbocycles. The summed E-state index contributed by atoms with van der Waals surface area (Å²) in [6, 6.07) is 4.96. The lowest BCUT2D eigenvalue weighted by Gasteiger charge is -2.31. The molecule has 2 aliphatic heterocycles. The normalized spacial score (nSPS) is 34.6. The van der Waals surface area contributed by atoms with Crippen LogP contribution in [0.25, 0.3) is 11.0 Å². The highest BCUT2D eigenvalue weighted by molar-refractivity contribution is 7.48. The van der Waals surface area contributed by atoms with Crippen LogP contribution in [0.5, 0.6) is 0 Å². The second kappa shape index (κ2) is 7.99. The van der Waals surface area contributed by atoms with Crippen LogP contribution >= 0.6 is 7.82 Å². The van der Waals surface area contributed by atoms with Crippen LogP contribution in [0.3, 0.4) is 0 Å². The Morgan fingerprint density at radius 1 is 1.42 bits per heavy atom. The Labute approximate surface area is 186 Å². The number of pyridine rings is 1. The first kappa shape index (κ1) is 22.2. The minimum absolute atomic E-state index is 0.0771. The quantitative estimate of drug-likeness (QED) is 0.391. The van der Waals surface area contributed by atoms with Crippen LogP contribution in [0, 0.1) is 0 Å². The van der Waals surface area contributed by atoms with E-state index in [1.54, 1.807) is 24.5 Å². The molecule has 2 unspecified atom stereocenters. The fraction of sp³-hybridized carbons (Fsp3) is 0.421. The van der Waals surface area contributed by atoms with Crippen molar-refractivity contribution in [3.8, 4) is 0 Å². The van der Waals surface area contributed by atoms with Crippen molar-refractivity contribution in [3.05, 3.63) is 52.7 Å². The summed E-state index contributed by atoms with van der Waals surface area (Å²) in [6.45, 7) is 1.39. The SMILES string of the molecule is C[C@@]1(O)[C@H](O)C(OP2(=O)OCC[C@H](c3cccnc3)O2)O[C@H]1n1ccc2c(=O)[nH]c(N)nc21. The Kier molecular flexibility index (Phi) is 5.37. The largest absolute Gasteiger partial charge is 0.477 e. The van der Waals surface area contributed by atoms with E-state index in [0.717, 1.165) is 0 Å². The van der Waals surface area contributed by atoms with Gasteiger partial charge < -0.3 is 25.3 Å². The number of nitrogens with one attached hydrogen (secondary N) is 1. The predicted octanol–water partition coefficient (Wildman–Crippen LogP) is 0.971. The van der Waals surface area contributed by atoms with Gasteiger partial charge in [-0.1, -0.05) is 6.07 Å². The van der Waals surface area contributed by atoms with E-state index in [1.807, 2.05) is 0 Å². The Bertz CT molecular complexity index is 1280. The van der Waals surface area contributed by atoms with E-state index in [0.29, 0.717) is 12.0 Å². The van der Waals surface area contributed by atoms with Crippen molar-refractivity contribution in [1.82, 2.24) is 19.5 Å². The van der Waals surface area contributed by atoms with Crippen molar-refractivity contribution in [1.29, 1.82) is 0 Å². The second-order valence-electron chi connectivity index (χ2n) is 7.99. The summed E-state index contributed by atoms with van der Waals surface area (Å²) in [6.07, 6.45) is -0.00442. The summed E-state index contributed by atoms with van der Waals surface area (Å²) in [7, 11) is -4.17. The smallest absolute Gasteiger partial charge is 0.385 e. The van der Waals surface area contributed by atoms with Crippen molar-refractivity contribution in [2.45, 2.75) is 43.7 Å². The van der Waals surface area contributed by atoms with Gasteiger partial charge in [0.05, 0.1) is 18.1 Å². The third-order valence-electron chi connectivity index (χ3n) is 5.65. The number of aromatic nitrogens is 4. The average Bonchev–Trinajstić information content (AvgIpc) is 3.28. The fourth-order valence-corrected chi connectivity index (χ4v) is 5.39. The minimum atomic E-state index is -4.17. The zero-order valence-corrected chi connectivity index (χ0v) is 18.3. The van der Waals surface area contributed by atoms with Crippen LogP contribution in [0.1, 0.15) is 31.2 Å². The van der Waals surface area contributed by atoms with Crippen molar-refractivity contribution >= 4 is 24.8 Å². The van der Waals surface area contributed by atoms with Gasteiger partial charge in [0, 0.05) is 25.0 Å². The number of nitrogens with zero attached hydrogens (tertiary/aromatic N) is 3. The molecule has 14 heteroatoms. The molecule has 2 saturated heterocycles. The van der Waals surface area contributed by atoms with Gasteiger partial charge in [-0.25, -0.2) is 4.57 Å². The zero-order chi connectivity index (χ0) is 23.4. The number of aliphatic hydroxyl groups is 2. The standard InChI is InChI=1S/C19H22N5O8P/c1-19(27)13(25)16(30-17(19)24-7-4-11-14(24)22-18(20)23-15(11)26)32-33(28)29-8-5-12(31-33)10-3-2-6-21-9-10/h2-4,6-7,9,12-13,16-17,25,27H,5,8H2,1H3,(H3,20,22,23,26)/t12-,13-,16?,17-,19-,33?/m1/s1. The summed E-state index contributed by atoms with van der Waals surface area (Å²) < 4.78 is 36.6. The lowest BCUT2D eigenvalue weighted by atomic mass is 9.99. The summed E-state index contributed by atoms with van der Waals surface area (Å²) in [5.41, 5.74) is 4.06. The average molecular weight is 479 g/mol. The molecule has 2 aliphatic rings. The molecule has 2 fully saturated rings. The molecule has 176 valence electrons. The molecular weight excluding hydrogens is 457 g/mol. The maximum atomic E-state index is 13.2. The van der Waals surface area contributed by atoms with Gasteiger partial charge in [-0.3, -0.25) is 28.3 Å². The molecule has 13 nitrogen and oxygen atoms in total. The van der Waals surface area contributed by atoms with Crippen molar-refractivity contribution in [3.63, 3.8) is 0 Å². The number of phosphoric acid groups is 1. The van der Waals surface area contributed by atoms with E-state index < -0.39 is 43.7 Å². The van der Waals surface area contributed by atoms with Crippen LogP contribution in [0.2, 0.25) is 0 Å². The third-order valence-corrected chi connectivity index (χ3v) is 7.12. The molecule has 6 atom stereocenters. The van der Waals surface area contributed by atoms with Crippen LogP contribution in [-0.4, -0.2) is 54.3 Å². The van der Waals surface area contributed by atoms with E-state index in [2.05, 4.69) is 15.0 Å². The number of hydrogen-bond donors (Lipinski definition) is 4. The maximum Gasteiger partial charge on any atom is 0.477 e. The van der Waals surface area contributed by atoms with E-state index in [1.165, 1.54) is 23.8 Å². The lowest BCUT2D eigenvalue weighted by molar-refractivity contribution is -0.145. The fourth-order valence-electron chi connectivity index (χ4n) is 3.93. The predicted molar refractivity (Wildman–Crippen MR) is 113 cm³/mol. The van der Waals surface area contributed by atoms with Crippen molar-refractivity contribution in [2.24, 2.45) is 0 Å². The van der Waals surface area contributed by atoms with Crippen LogP contribution in [0.4, 0.5) is 5.95 Å². The zero-order valence-electron chi connectivity index (χ0n) is 17.4. The lowest BCUT2D eigenvalue weighted by Crippen LogP contribution is -2.44. The summed E-state index contributed by atoms with van der Waals surface area (Å²) in [4.78, 5) is 22.6. The molecule has 0 amide bonds. The summed E-state index contributed by atoms with van der Waals surface area (Å²) >= 11 is 0. The maximum absolute atomic E-state index is 13.2. The van der Waals surface area contributed by atoms with Crippen LogP contribution in [-0.2, 0) is 22.9 Å². The first-order chi connectivity index (χ1) is 15.7. The Balaban J connectivity index is 1.41. The molecule has 5 rings (SSSR count). The number of anilines is 1. The van der Waals surface area contributed by atoms with Crippen molar-refractivity contribution < 1.29 is 33.1 Å². The number of aliphatic hydroxyl groups excluding tert-OH is 1. The number of aromatic amines is 1.